The van der Waals surface area contributed by atoms with Gasteiger partial charge in [-0.3, -0.25) is 4.79 Å². The van der Waals surface area contributed by atoms with Gasteiger partial charge in [0.05, 0.1) is 29.9 Å². The van der Waals surface area contributed by atoms with E-state index in [-0.39, 0.29) is 18.1 Å². The molecule has 0 bridgehead atoms. The van der Waals surface area contributed by atoms with E-state index in [1.54, 1.807) is 7.11 Å². The van der Waals surface area contributed by atoms with Crippen molar-refractivity contribution in [1.29, 1.82) is 0 Å². The van der Waals surface area contributed by atoms with Crippen molar-refractivity contribution in [2.45, 2.75) is 26.1 Å². The zero-order valence-corrected chi connectivity index (χ0v) is 20.2. The number of nitrogens with zero attached hydrogens (tertiary/aromatic N) is 4. The summed E-state index contributed by atoms with van der Waals surface area (Å²) < 4.78 is 13.1. The van der Waals surface area contributed by atoms with Gasteiger partial charge in [0, 0.05) is 30.4 Å². The molecule has 0 saturated carbocycles. The van der Waals surface area contributed by atoms with Crippen LogP contribution in [0.1, 0.15) is 19.4 Å². The fraction of sp³-hybridized carbons (Fsp3) is 0.269. The van der Waals surface area contributed by atoms with Crippen molar-refractivity contribution in [1.82, 2.24) is 14.7 Å². The quantitative estimate of drug-likeness (QED) is 0.514. The Labute approximate surface area is 203 Å². The normalized spacial score (nSPS) is 21.7. The van der Waals surface area contributed by atoms with Crippen LogP contribution < -0.4 is 4.74 Å². The number of methoxy groups -OCH3 is 1. The second-order valence-corrected chi connectivity index (χ2v) is 9.43. The van der Waals surface area contributed by atoms with E-state index in [0.717, 1.165) is 46.5 Å². The van der Waals surface area contributed by atoms with Crippen molar-refractivity contribution >= 4 is 28.9 Å². The molecule has 1 amide bonds. The van der Waals surface area contributed by atoms with Gasteiger partial charge in [-0.05, 0) is 56.0 Å². The van der Waals surface area contributed by atoms with E-state index in [0.29, 0.717) is 4.91 Å². The Morgan fingerprint density at radius 2 is 1.85 bits per heavy atom. The van der Waals surface area contributed by atoms with Crippen LogP contribution in [0.4, 0.5) is 0 Å². The number of aromatic nitrogens is 2. The molecular weight excluding hydrogens is 448 g/mol. The Hall–Kier alpha value is -3.36. The van der Waals surface area contributed by atoms with Gasteiger partial charge in [0.25, 0.3) is 5.91 Å². The number of ether oxygens (including phenoxy) is 2. The SMILES string of the molecule is COc1cccc(-c2nn(-c3ccccc3)cc2/C=C2\SC(N3C[C@@H](C)O[C@@H](C)C3)=NC2=O)c1. The second kappa shape index (κ2) is 9.48. The number of thioether (sulfide) groups is 1. The fourth-order valence-corrected chi connectivity index (χ4v) is 5.13. The zero-order chi connectivity index (χ0) is 23.7. The largest absolute Gasteiger partial charge is 0.497 e. The number of benzene rings is 2. The van der Waals surface area contributed by atoms with Crippen LogP contribution in [0.15, 0.2) is 70.7 Å². The van der Waals surface area contributed by atoms with Crippen molar-refractivity contribution in [3.63, 3.8) is 0 Å². The van der Waals surface area contributed by atoms with Gasteiger partial charge in [0.2, 0.25) is 0 Å². The predicted molar refractivity (Wildman–Crippen MR) is 135 cm³/mol. The van der Waals surface area contributed by atoms with Gasteiger partial charge in [0.15, 0.2) is 5.17 Å². The van der Waals surface area contributed by atoms with Crippen molar-refractivity contribution < 1.29 is 14.3 Å². The molecule has 2 aliphatic rings. The highest BCUT2D eigenvalue weighted by Crippen LogP contribution is 2.34. The zero-order valence-electron chi connectivity index (χ0n) is 19.3. The number of amidine groups is 1. The number of para-hydroxylation sites is 1. The van der Waals surface area contributed by atoms with Gasteiger partial charge < -0.3 is 14.4 Å². The molecule has 0 N–H and O–H groups in total. The molecule has 0 spiro atoms. The molecule has 0 radical (unpaired) electrons. The third kappa shape index (κ3) is 4.64. The summed E-state index contributed by atoms with van der Waals surface area (Å²) in [7, 11) is 1.64. The predicted octanol–water partition coefficient (Wildman–Crippen LogP) is 4.63. The van der Waals surface area contributed by atoms with Crippen LogP contribution in [0.2, 0.25) is 0 Å². The lowest BCUT2D eigenvalue weighted by atomic mass is 10.1. The van der Waals surface area contributed by atoms with Crippen molar-refractivity contribution in [3.8, 4) is 22.7 Å². The second-order valence-electron chi connectivity index (χ2n) is 8.42. The summed E-state index contributed by atoms with van der Waals surface area (Å²) in [4.78, 5) is 19.9. The number of carbonyl (C=O) groups is 1. The average molecular weight is 475 g/mol. The van der Waals surface area contributed by atoms with Crippen LogP contribution in [0.25, 0.3) is 23.0 Å². The summed E-state index contributed by atoms with van der Waals surface area (Å²) in [6, 6.07) is 17.7. The van der Waals surface area contributed by atoms with Gasteiger partial charge in [-0.15, -0.1) is 0 Å². The first-order valence-electron chi connectivity index (χ1n) is 11.2. The standard InChI is InChI=1S/C26H26N4O3S/c1-17-14-29(15-18(2)33-17)26-27-25(31)23(34-26)13-20-16-30(21-9-5-4-6-10-21)28-24(20)19-8-7-11-22(12-19)32-3/h4-13,16-18H,14-15H2,1-3H3/b23-13-/t17-,18+. The summed E-state index contributed by atoms with van der Waals surface area (Å²) in [5, 5.41) is 5.59. The lowest BCUT2D eigenvalue weighted by molar-refractivity contribution is -0.113. The molecule has 2 atom stereocenters. The molecule has 7 nitrogen and oxygen atoms in total. The number of hydrogen-bond donors (Lipinski definition) is 0. The van der Waals surface area contributed by atoms with Gasteiger partial charge in [0.1, 0.15) is 11.4 Å². The Kier molecular flexibility index (Phi) is 6.26. The molecule has 2 aromatic carbocycles. The van der Waals surface area contributed by atoms with E-state index in [1.165, 1.54) is 11.8 Å². The van der Waals surface area contributed by atoms with Crippen LogP contribution in [0, 0.1) is 0 Å². The first kappa shape index (κ1) is 22.4. The summed E-state index contributed by atoms with van der Waals surface area (Å²) in [6.07, 6.45) is 4.03. The van der Waals surface area contributed by atoms with Crippen LogP contribution >= 0.6 is 11.8 Å². The van der Waals surface area contributed by atoms with E-state index in [4.69, 9.17) is 14.6 Å². The minimum absolute atomic E-state index is 0.0962. The van der Waals surface area contributed by atoms with Crippen LogP contribution in [0.3, 0.4) is 0 Å². The van der Waals surface area contributed by atoms with E-state index in [9.17, 15) is 4.79 Å². The van der Waals surface area contributed by atoms with Crippen LogP contribution in [-0.2, 0) is 9.53 Å². The van der Waals surface area contributed by atoms with Crippen LogP contribution in [-0.4, -0.2) is 58.2 Å². The fourth-order valence-electron chi connectivity index (χ4n) is 4.21. The highest BCUT2D eigenvalue weighted by Gasteiger charge is 2.31. The molecule has 1 fully saturated rings. The Morgan fingerprint density at radius 3 is 2.59 bits per heavy atom. The molecule has 2 aliphatic heterocycles. The number of carbonyl (C=O) groups excluding carboxylic acids is 1. The monoisotopic (exact) mass is 474 g/mol. The number of aliphatic imine (C=N–C) groups is 1. The van der Waals surface area contributed by atoms with Crippen molar-refractivity contribution in [3.05, 3.63) is 71.3 Å². The van der Waals surface area contributed by atoms with Crippen molar-refractivity contribution in [2.24, 2.45) is 4.99 Å². The third-order valence-electron chi connectivity index (χ3n) is 5.69. The Morgan fingerprint density at radius 1 is 1.09 bits per heavy atom. The van der Waals surface area contributed by atoms with E-state index in [1.807, 2.05) is 85.4 Å². The molecule has 3 heterocycles. The molecule has 0 unspecified atom stereocenters. The molecule has 0 aliphatic carbocycles. The third-order valence-corrected chi connectivity index (χ3v) is 6.74. The Balaban J connectivity index is 1.50. The number of rotatable bonds is 4. The maximum Gasteiger partial charge on any atom is 0.286 e. The van der Waals surface area contributed by atoms with Crippen molar-refractivity contribution in [2.75, 3.05) is 20.2 Å². The summed E-state index contributed by atoms with van der Waals surface area (Å²) in [5.41, 5.74) is 3.46. The lowest BCUT2D eigenvalue weighted by Gasteiger charge is -2.35. The topological polar surface area (TPSA) is 68.9 Å². The molecule has 3 aromatic rings. The molecule has 8 heteroatoms. The summed E-state index contributed by atoms with van der Waals surface area (Å²) in [5.74, 6) is 0.522. The molecular formula is C26H26N4O3S. The average Bonchev–Trinajstić information content (AvgIpc) is 3.43. The number of amides is 1. The first-order valence-corrected chi connectivity index (χ1v) is 12.0. The van der Waals surface area contributed by atoms with E-state index in [2.05, 4.69) is 9.89 Å². The van der Waals surface area contributed by atoms with Gasteiger partial charge >= 0.3 is 0 Å². The molecule has 34 heavy (non-hydrogen) atoms. The summed E-state index contributed by atoms with van der Waals surface area (Å²) >= 11 is 1.41. The highest BCUT2D eigenvalue weighted by molar-refractivity contribution is 8.18. The molecule has 174 valence electrons. The minimum atomic E-state index is -0.226. The maximum absolute atomic E-state index is 12.8. The van der Waals surface area contributed by atoms with E-state index < -0.39 is 0 Å². The molecule has 1 aromatic heterocycles. The van der Waals surface area contributed by atoms with Gasteiger partial charge in [-0.25, -0.2) is 4.68 Å². The lowest BCUT2D eigenvalue weighted by Crippen LogP contribution is -2.47. The highest BCUT2D eigenvalue weighted by atomic mass is 32.2. The smallest absolute Gasteiger partial charge is 0.286 e. The maximum atomic E-state index is 12.8. The minimum Gasteiger partial charge on any atom is -0.497 e. The van der Waals surface area contributed by atoms with Crippen LogP contribution in [0.5, 0.6) is 5.75 Å². The molecule has 1 saturated heterocycles. The Bertz CT molecular complexity index is 1260. The number of morpholine rings is 1. The van der Waals surface area contributed by atoms with E-state index >= 15 is 0 Å². The first-order chi connectivity index (χ1) is 16.5. The van der Waals surface area contributed by atoms with Gasteiger partial charge in [-0.2, -0.15) is 10.1 Å². The van der Waals surface area contributed by atoms with Gasteiger partial charge in [-0.1, -0.05) is 30.3 Å². The molecule has 5 rings (SSSR count). The summed E-state index contributed by atoms with van der Waals surface area (Å²) in [6.45, 7) is 5.52. The number of hydrogen-bond acceptors (Lipinski definition) is 6.